The van der Waals surface area contributed by atoms with E-state index in [0.717, 1.165) is 6.42 Å². The minimum absolute atomic E-state index is 0.0569. The molecule has 0 radical (unpaired) electrons. The topological polar surface area (TPSA) is 83.6 Å². The van der Waals surface area contributed by atoms with Crippen molar-refractivity contribution in [2.24, 2.45) is 23.5 Å². The van der Waals surface area contributed by atoms with Gasteiger partial charge in [-0.15, -0.1) is 0 Å². The highest BCUT2D eigenvalue weighted by molar-refractivity contribution is 5.91. The number of rotatable bonds is 7. The Morgan fingerprint density at radius 3 is 2.23 bits per heavy atom. The molecule has 0 aromatic carbocycles. The number of hydrogen-bond acceptors (Lipinski definition) is 4. The van der Waals surface area contributed by atoms with Crippen LogP contribution in [0.25, 0.3) is 0 Å². The van der Waals surface area contributed by atoms with Gasteiger partial charge in [0, 0.05) is 13.0 Å². The predicted molar refractivity (Wildman–Crippen MR) is 87.2 cm³/mol. The lowest BCUT2D eigenvalue weighted by Gasteiger charge is -2.30. The number of Topliss-reactive ketones (excluding diaryl/α,β-unsaturated/α-hetero) is 1. The molecule has 0 bridgehead atoms. The number of aliphatic hydroxyl groups is 1. The summed E-state index contributed by atoms with van der Waals surface area (Å²) in [6, 6.07) is -0.914. The first-order valence-corrected chi connectivity index (χ1v) is 8.43. The van der Waals surface area contributed by atoms with E-state index in [0.29, 0.717) is 19.4 Å². The third-order valence-corrected chi connectivity index (χ3v) is 4.82. The van der Waals surface area contributed by atoms with Gasteiger partial charge in [0.25, 0.3) is 0 Å². The van der Waals surface area contributed by atoms with E-state index in [-0.39, 0.29) is 35.5 Å². The molecule has 3 N–H and O–H groups in total. The van der Waals surface area contributed by atoms with Gasteiger partial charge in [-0.25, -0.2) is 0 Å². The summed E-state index contributed by atoms with van der Waals surface area (Å²) in [5, 5.41) is 9.86. The molecule has 0 saturated carbocycles. The van der Waals surface area contributed by atoms with Crippen LogP contribution in [0, 0.1) is 17.8 Å². The van der Waals surface area contributed by atoms with Gasteiger partial charge in [-0.3, -0.25) is 9.59 Å². The quantitative estimate of drug-likeness (QED) is 0.747. The molecule has 1 amide bonds. The van der Waals surface area contributed by atoms with Gasteiger partial charge in [0.1, 0.15) is 0 Å². The lowest BCUT2D eigenvalue weighted by molar-refractivity contribution is -0.140. The summed E-state index contributed by atoms with van der Waals surface area (Å²) in [4.78, 5) is 26.7. The second-order valence-corrected chi connectivity index (χ2v) is 7.28. The first-order chi connectivity index (χ1) is 10.2. The van der Waals surface area contributed by atoms with Gasteiger partial charge in [-0.05, 0) is 37.5 Å². The number of nitrogens with two attached hydrogens (primary N) is 1. The van der Waals surface area contributed by atoms with Gasteiger partial charge in [0.15, 0.2) is 5.78 Å². The Bertz CT molecular complexity index is 385. The highest BCUT2D eigenvalue weighted by Crippen LogP contribution is 2.26. The van der Waals surface area contributed by atoms with E-state index in [1.807, 2.05) is 27.7 Å². The SMILES string of the molecule is CC(C)C(CC(=O)[C@@H]1CCCN1C(=O)[C@@H](N)C(C)C)C(C)O. The van der Waals surface area contributed by atoms with E-state index in [1.165, 1.54) is 0 Å². The highest BCUT2D eigenvalue weighted by atomic mass is 16.3. The molecular formula is C17H32N2O3. The predicted octanol–water partition coefficient (Wildman–Crippen LogP) is 1.57. The minimum atomic E-state index is -0.550. The molecule has 2 unspecified atom stereocenters. The number of carbonyl (C=O) groups is 2. The highest BCUT2D eigenvalue weighted by Gasteiger charge is 2.37. The lowest BCUT2D eigenvalue weighted by atomic mass is 9.85. The summed E-state index contributed by atoms with van der Waals surface area (Å²) >= 11 is 0. The molecule has 128 valence electrons. The Morgan fingerprint density at radius 1 is 1.18 bits per heavy atom. The fourth-order valence-electron chi connectivity index (χ4n) is 3.17. The second-order valence-electron chi connectivity index (χ2n) is 7.28. The van der Waals surface area contributed by atoms with Gasteiger partial charge in [-0.2, -0.15) is 0 Å². The van der Waals surface area contributed by atoms with E-state index < -0.39 is 12.1 Å². The van der Waals surface area contributed by atoms with Crippen molar-refractivity contribution < 1.29 is 14.7 Å². The first kappa shape index (κ1) is 19.1. The van der Waals surface area contributed by atoms with Gasteiger partial charge in [0.05, 0.1) is 18.2 Å². The van der Waals surface area contributed by atoms with Gasteiger partial charge in [-0.1, -0.05) is 27.7 Å². The zero-order valence-electron chi connectivity index (χ0n) is 14.6. The van der Waals surface area contributed by atoms with Gasteiger partial charge < -0.3 is 15.7 Å². The van der Waals surface area contributed by atoms with Gasteiger partial charge in [0.2, 0.25) is 5.91 Å². The van der Waals surface area contributed by atoms with E-state index in [4.69, 9.17) is 5.73 Å². The molecule has 5 heteroatoms. The van der Waals surface area contributed by atoms with Crippen molar-refractivity contribution >= 4 is 11.7 Å². The Labute approximate surface area is 134 Å². The molecule has 1 fully saturated rings. The first-order valence-electron chi connectivity index (χ1n) is 8.43. The molecule has 5 nitrogen and oxygen atoms in total. The van der Waals surface area contributed by atoms with Crippen LogP contribution in [0.1, 0.15) is 53.9 Å². The third kappa shape index (κ3) is 4.53. The van der Waals surface area contributed by atoms with E-state index in [9.17, 15) is 14.7 Å². The molecule has 4 atom stereocenters. The fraction of sp³-hybridized carbons (Fsp3) is 0.882. The Morgan fingerprint density at radius 2 is 1.77 bits per heavy atom. The van der Waals surface area contributed by atoms with Crippen molar-refractivity contribution in [3.63, 3.8) is 0 Å². The number of hydrogen-bond donors (Lipinski definition) is 2. The molecule has 1 rings (SSSR count). The van der Waals surface area contributed by atoms with Crippen molar-refractivity contribution in [3.8, 4) is 0 Å². The van der Waals surface area contributed by atoms with Gasteiger partial charge >= 0.3 is 0 Å². The van der Waals surface area contributed by atoms with Crippen molar-refractivity contribution in [1.29, 1.82) is 0 Å². The van der Waals surface area contributed by atoms with Crippen LogP contribution in [0.15, 0.2) is 0 Å². The van der Waals surface area contributed by atoms with E-state index in [2.05, 4.69) is 0 Å². The summed E-state index contributed by atoms with van der Waals surface area (Å²) in [6.07, 6.45) is 1.35. The zero-order valence-corrected chi connectivity index (χ0v) is 14.6. The molecule has 0 aliphatic carbocycles. The average molecular weight is 312 g/mol. The Balaban J connectivity index is 2.77. The van der Waals surface area contributed by atoms with Crippen LogP contribution in [0.4, 0.5) is 0 Å². The smallest absolute Gasteiger partial charge is 0.240 e. The van der Waals surface area contributed by atoms with Crippen LogP contribution in [0.5, 0.6) is 0 Å². The maximum absolute atomic E-state index is 12.6. The van der Waals surface area contributed by atoms with Crippen molar-refractivity contribution in [2.75, 3.05) is 6.54 Å². The molecule has 0 spiro atoms. The molecule has 1 heterocycles. The summed E-state index contributed by atoms with van der Waals surface area (Å²) in [5.74, 6) is 0.159. The average Bonchev–Trinajstić information content (AvgIpc) is 2.91. The maximum atomic E-state index is 12.6. The summed E-state index contributed by atoms with van der Waals surface area (Å²) in [7, 11) is 0. The molecule has 1 aliphatic rings. The normalized spacial score (nSPS) is 23.0. The van der Waals surface area contributed by atoms with Crippen LogP contribution < -0.4 is 5.73 Å². The number of amides is 1. The van der Waals surface area contributed by atoms with Crippen LogP contribution in [0.3, 0.4) is 0 Å². The molecule has 22 heavy (non-hydrogen) atoms. The number of ketones is 1. The van der Waals surface area contributed by atoms with Crippen LogP contribution >= 0.6 is 0 Å². The minimum Gasteiger partial charge on any atom is -0.393 e. The molecule has 0 aromatic rings. The fourth-order valence-corrected chi connectivity index (χ4v) is 3.17. The van der Waals surface area contributed by atoms with E-state index in [1.54, 1.807) is 11.8 Å². The third-order valence-electron chi connectivity index (χ3n) is 4.82. The number of nitrogens with zero attached hydrogens (tertiary/aromatic N) is 1. The summed E-state index contributed by atoms with van der Waals surface area (Å²) in [5.41, 5.74) is 5.96. The standard InChI is InChI=1S/C17H32N2O3/c1-10(2)13(12(5)20)9-15(21)14-7-6-8-19(14)17(22)16(18)11(3)4/h10-14,16,20H,6-9,18H2,1-5H3/t12?,13?,14-,16-/m0/s1. The number of likely N-dealkylation sites (tertiary alicyclic amines) is 1. The zero-order chi connectivity index (χ0) is 17.0. The molecular weight excluding hydrogens is 280 g/mol. The number of carbonyl (C=O) groups excluding carboxylic acids is 2. The molecule has 0 aromatic heterocycles. The van der Waals surface area contributed by atoms with Crippen LogP contribution in [-0.2, 0) is 9.59 Å². The van der Waals surface area contributed by atoms with Crippen molar-refractivity contribution in [3.05, 3.63) is 0 Å². The second kappa shape index (κ2) is 8.06. The Hall–Kier alpha value is -0.940. The Kier molecular flexibility index (Phi) is 7.00. The molecule has 1 aliphatic heterocycles. The largest absolute Gasteiger partial charge is 0.393 e. The lowest BCUT2D eigenvalue weighted by Crippen LogP contribution is -2.50. The monoisotopic (exact) mass is 312 g/mol. The molecule has 1 saturated heterocycles. The summed E-state index contributed by atoms with van der Waals surface area (Å²) < 4.78 is 0. The maximum Gasteiger partial charge on any atom is 0.240 e. The number of aliphatic hydroxyl groups excluding tert-OH is 1. The van der Waals surface area contributed by atoms with Crippen LogP contribution in [-0.4, -0.2) is 46.4 Å². The summed E-state index contributed by atoms with van der Waals surface area (Å²) in [6.45, 7) is 10.2. The van der Waals surface area contributed by atoms with Crippen molar-refractivity contribution in [1.82, 2.24) is 4.90 Å². The van der Waals surface area contributed by atoms with E-state index >= 15 is 0 Å². The van der Waals surface area contributed by atoms with Crippen LogP contribution in [0.2, 0.25) is 0 Å². The van der Waals surface area contributed by atoms with Crippen molar-refractivity contribution in [2.45, 2.75) is 72.1 Å².